The molecule has 0 aliphatic carbocycles. The monoisotopic (exact) mass is 614 g/mol. The summed E-state index contributed by atoms with van der Waals surface area (Å²) in [7, 11) is 1.22. The van der Waals surface area contributed by atoms with Crippen molar-refractivity contribution in [2.24, 2.45) is 7.05 Å². The molecule has 2 aromatic carbocycles. The lowest BCUT2D eigenvalue weighted by molar-refractivity contribution is 0.293. The minimum atomic E-state index is -3.59. The van der Waals surface area contributed by atoms with E-state index in [4.69, 9.17) is 10.1 Å². The average Bonchev–Trinajstić information content (AvgIpc) is 3.65. The number of fused-ring (bicyclic) bond motifs is 2. The number of alkyl halides is 1. The van der Waals surface area contributed by atoms with Gasteiger partial charge < -0.3 is 0 Å². The summed E-state index contributed by atoms with van der Waals surface area (Å²) in [5, 5.41) is 16.1. The first-order chi connectivity index (χ1) is 20.8. The molecule has 4 aromatic heterocycles. The molecule has 0 aliphatic heterocycles. The number of rotatable bonds is 8. The van der Waals surface area contributed by atoms with Gasteiger partial charge in [-0.2, -0.15) is 15.3 Å². The predicted molar refractivity (Wildman–Crippen MR) is 169 cm³/mol. The number of sulfonamides is 1. The average molecular weight is 615 g/mol. The van der Waals surface area contributed by atoms with Crippen molar-refractivity contribution in [1.82, 2.24) is 38.6 Å². The van der Waals surface area contributed by atoms with Crippen LogP contribution in [0.4, 0.5) is 4.39 Å². The topological polar surface area (TPSA) is 104 Å². The Bertz CT molecular complexity index is 2130. The molecule has 0 spiro atoms. The van der Waals surface area contributed by atoms with E-state index in [1.54, 1.807) is 9.36 Å². The van der Waals surface area contributed by atoms with E-state index in [9.17, 15) is 8.42 Å². The van der Waals surface area contributed by atoms with Crippen LogP contribution < -0.4 is 0 Å². The number of pyridine rings is 1. The summed E-state index contributed by atoms with van der Waals surface area (Å²) in [5.74, 6) is 0.189. The molecule has 0 amide bonds. The number of aryl methyl sites for hydroxylation is 2. The highest BCUT2D eigenvalue weighted by Crippen LogP contribution is 2.37. The molecule has 0 fully saturated rings. The van der Waals surface area contributed by atoms with E-state index in [-0.39, 0.29) is 17.4 Å². The Morgan fingerprint density at radius 3 is 2.39 bits per heavy atom. The summed E-state index contributed by atoms with van der Waals surface area (Å²) in [6.45, 7) is 8.32. The molecule has 0 saturated carbocycles. The van der Waals surface area contributed by atoms with Crippen LogP contribution in [0.15, 0.2) is 65.8 Å². The number of hydrogen-bond acceptors (Lipinski definition) is 6. The van der Waals surface area contributed by atoms with Crippen LogP contribution in [0.5, 0.6) is 0 Å². The molecule has 4 heterocycles. The normalized spacial score (nSPS) is 13.1. The van der Waals surface area contributed by atoms with Gasteiger partial charge in [0.05, 0.1) is 34.0 Å². The summed E-state index contributed by atoms with van der Waals surface area (Å²) in [4.78, 5) is 4.85. The van der Waals surface area contributed by atoms with Crippen molar-refractivity contribution in [3.05, 3.63) is 83.4 Å². The third-order valence-corrected chi connectivity index (χ3v) is 9.79. The summed E-state index contributed by atoms with van der Waals surface area (Å²) in [5.41, 5.74) is 7.44. The molecule has 0 radical (unpaired) electrons. The summed E-state index contributed by atoms with van der Waals surface area (Å²) in [6.07, 6.45) is 2.42. The van der Waals surface area contributed by atoms with Crippen LogP contribution in [0.2, 0.25) is 0 Å². The predicted octanol–water partition coefficient (Wildman–Crippen LogP) is 5.87. The number of nitrogens with zero attached hydrogens (tertiary/aromatic N) is 8. The second kappa shape index (κ2) is 10.9. The molecule has 0 unspecified atom stereocenters. The molecule has 6 rings (SSSR count). The Morgan fingerprint density at radius 2 is 1.70 bits per heavy atom. The van der Waals surface area contributed by atoms with E-state index in [1.165, 1.54) is 38.4 Å². The van der Waals surface area contributed by atoms with Crippen molar-refractivity contribution >= 4 is 32.0 Å². The van der Waals surface area contributed by atoms with Crippen molar-refractivity contribution < 1.29 is 12.8 Å². The maximum absolute atomic E-state index is 15.5. The van der Waals surface area contributed by atoms with E-state index < -0.39 is 16.2 Å². The smallest absolute Gasteiger partial charge is 0.242 e. The lowest BCUT2D eigenvalue weighted by Crippen LogP contribution is -2.22. The zero-order valence-electron chi connectivity index (χ0n) is 25.8. The van der Waals surface area contributed by atoms with E-state index in [2.05, 4.69) is 37.0 Å². The minimum Gasteiger partial charge on any atom is -0.273 e. The van der Waals surface area contributed by atoms with Crippen LogP contribution in [-0.4, -0.2) is 61.1 Å². The van der Waals surface area contributed by atoms with Crippen molar-refractivity contribution in [3.8, 4) is 16.9 Å². The van der Waals surface area contributed by atoms with Gasteiger partial charge in [-0.05, 0) is 49.6 Å². The fourth-order valence-electron chi connectivity index (χ4n) is 5.73. The highest BCUT2D eigenvalue weighted by molar-refractivity contribution is 7.89. The molecule has 0 saturated heterocycles. The van der Waals surface area contributed by atoms with Gasteiger partial charge in [0.2, 0.25) is 10.0 Å². The van der Waals surface area contributed by atoms with Crippen LogP contribution in [0.25, 0.3) is 38.9 Å². The molecule has 0 N–H and O–H groups in total. The summed E-state index contributed by atoms with van der Waals surface area (Å²) in [6, 6.07) is 13.8. The first kappa shape index (κ1) is 29.6. The highest BCUT2D eigenvalue weighted by Gasteiger charge is 2.24. The first-order valence-electron chi connectivity index (χ1n) is 14.4. The molecule has 10 nitrogen and oxygen atoms in total. The third-order valence-electron chi connectivity index (χ3n) is 7.96. The minimum absolute atomic E-state index is 0.0195. The lowest BCUT2D eigenvalue weighted by atomic mass is 9.95. The van der Waals surface area contributed by atoms with Gasteiger partial charge in [0.1, 0.15) is 6.17 Å². The maximum atomic E-state index is 15.5. The SMILES string of the molecule is Cc1nc2nn(C)cc2cc1-n1nc(-c2cccc3nn(C[C@@H](F)c4ccc(S(=O)(=O)N(C)C)cc4)cc23)c(C(C)C)c1C. The number of hydrogen-bond donors (Lipinski definition) is 0. The Kier molecular flexibility index (Phi) is 7.37. The second-order valence-electron chi connectivity index (χ2n) is 11.6. The van der Waals surface area contributed by atoms with Gasteiger partial charge in [0, 0.05) is 61.1 Å². The van der Waals surface area contributed by atoms with Crippen molar-refractivity contribution in [1.29, 1.82) is 0 Å². The van der Waals surface area contributed by atoms with E-state index in [1.807, 2.05) is 49.2 Å². The maximum Gasteiger partial charge on any atom is 0.242 e. The van der Waals surface area contributed by atoms with Gasteiger partial charge in [-0.25, -0.2) is 26.8 Å². The molecule has 6 aromatic rings. The number of aromatic nitrogens is 7. The van der Waals surface area contributed by atoms with Crippen molar-refractivity contribution in [3.63, 3.8) is 0 Å². The third kappa shape index (κ3) is 5.07. The van der Waals surface area contributed by atoms with Crippen LogP contribution in [0.3, 0.4) is 0 Å². The van der Waals surface area contributed by atoms with E-state index >= 15 is 4.39 Å². The molecule has 0 bridgehead atoms. The molecule has 12 heteroatoms. The Morgan fingerprint density at radius 1 is 0.977 bits per heavy atom. The van der Waals surface area contributed by atoms with Crippen LogP contribution in [-0.2, 0) is 23.6 Å². The second-order valence-corrected chi connectivity index (χ2v) is 13.8. The quantitative estimate of drug-likeness (QED) is 0.212. The molecule has 1 atom stereocenters. The molecule has 0 aliphatic rings. The first-order valence-corrected chi connectivity index (χ1v) is 15.8. The fraction of sp³-hybridized carbons (Fsp3) is 0.312. The standard InChI is InChI=1S/C32H35FN8O2S/c1-19(2)30-21(4)41(29-15-23-16-39(7)37-32(23)34-20(29)3)36-31(30)25-9-8-10-28-26(25)17-40(35-28)18-27(33)22-11-13-24(14-12-22)44(42,43)38(5)6/h8-17,19,27H,18H2,1-7H3/t27-/m1/s1. The van der Waals surface area contributed by atoms with E-state index in [0.717, 1.165) is 54.5 Å². The summed E-state index contributed by atoms with van der Waals surface area (Å²) >= 11 is 0. The number of benzene rings is 2. The molecular weight excluding hydrogens is 579 g/mol. The fourth-order valence-corrected chi connectivity index (χ4v) is 6.63. The number of halogens is 1. The Balaban J connectivity index is 1.37. The largest absolute Gasteiger partial charge is 0.273 e. The van der Waals surface area contributed by atoms with Gasteiger partial charge in [-0.15, -0.1) is 0 Å². The molecule has 44 heavy (non-hydrogen) atoms. The van der Waals surface area contributed by atoms with Crippen LogP contribution >= 0.6 is 0 Å². The van der Waals surface area contributed by atoms with Gasteiger partial charge in [-0.1, -0.05) is 38.1 Å². The zero-order chi connectivity index (χ0) is 31.5. The van der Waals surface area contributed by atoms with Crippen LogP contribution in [0, 0.1) is 13.8 Å². The zero-order valence-corrected chi connectivity index (χ0v) is 26.6. The van der Waals surface area contributed by atoms with Crippen molar-refractivity contribution in [2.45, 2.75) is 51.2 Å². The van der Waals surface area contributed by atoms with Gasteiger partial charge in [0.15, 0.2) is 5.65 Å². The van der Waals surface area contributed by atoms with E-state index in [0.29, 0.717) is 11.2 Å². The van der Waals surface area contributed by atoms with Gasteiger partial charge >= 0.3 is 0 Å². The molecular formula is C32H35FN8O2S. The van der Waals surface area contributed by atoms with Crippen LogP contribution in [0.1, 0.15) is 48.5 Å². The van der Waals surface area contributed by atoms with Crippen molar-refractivity contribution in [2.75, 3.05) is 14.1 Å². The molecule has 228 valence electrons. The Hall–Kier alpha value is -4.42. The van der Waals surface area contributed by atoms with Gasteiger partial charge in [-0.3, -0.25) is 9.36 Å². The lowest BCUT2D eigenvalue weighted by Gasteiger charge is -2.13. The van der Waals surface area contributed by atoms with Gasteiger partial charge in [0.25, 0.3) is 0 Å². The summed E-state index contributed by atoms with van der Waals surface area (Å²) < 4.78 is 46.7. The highest BCUT2D eigenvalue weighted by atomic mass is 32.2. The Labute approximate surface area is 255 Å².